The van der Waals surface area contributed by atoms with E-state index in [1.807, 2.05) is 0 Å². The molecule has 0 fully saturated rings. The van der Waals surface area contributed by atoms with Gasteiger partial charge >= 0.3 is 0 Å². The number of hydrogen-bond donors (Lipinski definition) is 1. The topological polar surface area (TPSA) is 26.0 Å². The molecule has 0 aromatic heterocycles. The van der Waals surface area contributed by atoms with Crippen molar-refractivity contribution in [2.24, 2.45) is 11.7 Å². The summed E-state index contributed by atoms with van der Waals surface area (Å²) in [5.41, 5.74) is 9.51. The number of benzene rings is 1. The van der Waals surface area contributed by atoms with Gasteiger partial charge in [-0.25, -0.2) is 0 Å². The summed E-state index contributed by atoms with van der Waals surface area (Å²) >= 11 is 0. The molecule has 0 aliphatic rings. The average Bonchev–Trinajstić information content (AvgIpc) is 2.38. The molecule has 0 spiro atoms. The monoisotopic (exact) mass is 289 g/mol. The smallest absolute Gasteiger partial charge is 0.0162 e. The van der Waals surface area contributed by atoms with Crippen LogP contribution in [0.4, 0.5) is 0 Å². The summed E-state index contributed by atoms with van der Waals surface area (Å²) in [5, 5.41) is 0. The van der Waals surface area contributed by atoms with Crippen molar-refractivity contribution in [3.63, 3.8) is 0 Å². The number of nitrogens with two attached hydrogens (primary N) is 1. The fourth-order valence-corrected chi connectivity index (χ4v) is 3.65. The maximum Gasteiger partial charge on any atom is 0.0162 e. The van der Waals surface area contributed by atoms with E-state index in [1.54, 1.807) is 0 Å². The van der Waals surface area contributed by atoms with Crippen molar-refractivity contribution in [2.45, 2.75) is 84.6 Å². The predicted molar refractivity (Wildman–Crippen MR) is 94.7 cm³/mol. The molecule has 0 aliphatic heterocycles. The van der Waals surface area contributed by atoms with Crippen molar-refractivity contribution < 1.29 is 0 Å². The molecule has 1 heteroatoms. The van der Waals surface area contributed by atoms with Crippen LogP contribution >= 0.6 is 0 Å². The molecule has 0 amide bonds. The fraction of sp³-hybridized carbons (Fsp3) is 0.700. The van der Waals surface area contributed by atoms with Crippen LogP contribution in [0.15, 0.2) is 24.3 Å². The molecule has 0 bridgehead atoms. The number of hydrogen-bond acceptors (Lipinski definition) is 1. The van der Waals surface area contributed by atoms with Crippen LogP contribution in [0.2, 0.25) is 0 Å². The normalized spacial score (nSPS) is 16.5. The van der Waals surface area contributed by atoms with E-state index in [0.29, 0.717) is 5.92 Å². The third-order valence-corrected chi connectivity index (χ3v) is 4.99. The summed E-state index contributed by atoms with van der Waals surface area (Å²) in [6.45, 7) is 13.6. The van der Waals surface area contributed by atoms with Gasteiger partial charge in [-0.1, -0.05) is 76.8 Å². The first kappa shape index (κ1) is 18.2. The second-order valence-corrected chi connectivity index (χ2v) is 7.68. The maximum absolute atomic E-state index is 6.77. The molecular formula is C20H35N. The Labute approximate surface area is 132 Å². The van der Waals surface area contributed by atoms with Crippen LogP contribution < -0.4 is 5.73 Å². The van der Waals surface area contributed by atoms with Crippen molar-refractivity contribution in [3.8, 4) is 0 Å². The molecule has 1 aromatic carbocycles. The molecule has 1 nitrogen and oxygen atoms in total. The van der Waals surface area contributed by atoms with Crippen LogP contribution in [0.3, 0.4) is 0 Å². The van der Waals surface area contributed by atoms with E-state index in [4.69, 9.17) is 5.73 Å². The summed E-state index contributed by atoms with van der Waals surface area (Å²) in [6, 6.07) is 8.94. The zero-order valence-corrected chi connectivity index (χ0v) is 15.0. The molecule has 2 N–H and O–H groups in total. The molecule has 2 unspecified atom stereocenters. The van der Waals surface area contributed by atoms with Crippen LogP contribution in [0.1, 0.15) is 77.8 Å². The van der Waals surface area contributed by atoms with Crippen molar-refractivity contribution in [3.05, 3.63) is 35.4 Å². The van der Waals surface area contributed by atoms with Gasteiger partial charge < -0.3 is 5.73 Å². The number of unbranched alkanes of at least 4 members (excludes halogenated alkanes) is 1. The molecule has 0 saturated carbocycles. The standard InChI is InChI=1S/C20H35N/c1-7-9-10-17(8-2)20(6,21)15-19(4,5)18-13-11-16(3)12-14-18/h11-14,17H,7-10,15,21H2,1-6H3. The Kier molecular flexibility index (Phi) is 6.46. The summed E-state index contributed by atoms with van der Waals surface area (Å²) < 4.78 is 0. The molecule has 0 aliphatic carbocycles. The third kappa shape index (κ3) is 5.14. The second kappa shape index (κ2) is 7.45. The average molecular weight is 290 g/mol. The number of rotatable bonds is 8. The van der Waals surface area contributed by atoms with Gasteiger partial charge in [-0.05, 0) is 43.6 Å². The zero-order chi connectivity index (χ0) is 16.1. The molecule has 120 valence electrons. The molecule has 1 aromatic rings. The van der Waals surface area contributed by atoms with Crippen molar-refractivity contribution in [1.29, 1.82) is 0 Å². The molecule has 1 rings (SSSR count). The van der Waals surface area contributed by atoms with E-state index in [-0.39, 0.29) is 11.0 Å². The highest BCUT2D eigenvalue weighted by Crippen LogP contribution is 2.37. The third-order valence-electron chi connectivity index (χ3n) is 4.99. The summed E-state index contributed by atoms with van der Waals surface area (Å²) in [7, 11) is 0. The predicted octanol–water partition coefficient (Wildman–Crippen LogP) is 5.60. The first-order valence-corrected chi connectivity index (χ1v) is 8.59. The van der Waals surface area contributed by atoms with Gasteiger partial charge in [-0.2, -0.15) is 0 Å². The van der Waals surface area contributed by atoms with Crippen LogP contribution in [0.25, 0.3) is 0 Å². The highest BCUT2D eigenvalue weighted by Gasteiger charge is 2.35. The van der Waals surface area contributed by atoms with Gasteiger partial charge in [0.1, 0.15) is 0 Å². The largest absolute Gasteiger partial charge is 0.325 e. The second-order valence-electron chi connectivity index (χ2n) is 7.68. The lowest BCUT2D eigenvalue weighted by Gasteiger charge is -2.40. The lowest BCUT2D eigenvalue weighted by Crippen LogP contribution is -2.48. The Morgan fingerprint density at radius 1 is 1.05 bits per heavy atom. The molecule has 0 heterocycles. The maximum atomic E-state index is 6.77. The Balaban J connectivity index is 2.86. The van der Waals surface area contributed by atoms with Crippen LogP contribution in [-0.4, -0.2) is 5.54 Å². The first-order valence-electron chi connectivity index (χ1n) is 8.59. The number of aryl methyl sites for hydroxylation is 1. The van der Waals surface area contributed by atoms with E-state index >= 15 is 0 Å². The minimum Gasteiger partial charge on any atom is -0.325 e. The Bertz CT molecular complexity index is 414. The van der Waals surface area contributed by atoms with E-state index in [2.05, 4.69) is 65.8 Å². The van der Waals surface area contributed by atoms with Crippen LogP contribution in [0.5, 0.6) is 0 Å². The lowest BCUT2D eigenvalue weighted by molar-refractivity contribution is 0.208. The SMILES string of the molecule is CCCCC(CC)C(C)(N)CC(C)(C)c1ccc(C)cc1. The van der Waals surface area contributed by atoms with Gasteiger partial charge in [0.25, 0.3) is 0 Å². The van der Waals surface area contributed by atoms with Crippen molar-refractivity contribution in [2.75, 3.05) is 0 Å². The molecule has 21 heavy (non-hydrogen) atoms. The van der Waals surface area contributed by atoms with E-state index < -0.39 is 0 Å². The minimum atomic E-state index is -0.0989. The van der Waals surface area contributed by atoms with E-state index in [0.717, 1.165) is 6.42 Å². The van der Waals surface area contributed by atoms with E-state index in [9.17, 15) is 0 Å². The molecular weight excluding hydrogens is 254 g/mol. The molecule has 2 atom stereocenters. The zero-order valence-electron chi connectivity index (χ0n) is 15.0. The van der Waals surface area contributed by atoms with E-state index in [1.165, 1.54) is 36.8 Å². The lowest BCUT2D eigenvalue weighted by atomic mass is 9.68. The van der Waals surface area contributed by atoms with Crippen molar-refractivity contribution in [1.82, 2.24) is 0 Å². The van der Waals surface area contributed by atoms with Gasteiger partial charge in [0.2, 0.25) is 0 Å². The Morgan fingerprint density at radius 2 is 1.62 bits per heavy atom. The molecule has 0 saturated heterocycles. The van der Waals surface area contributed by atoms with Gasteiger partial charge in [0.05, 0.1) is 0 Å². The summed E-state index contributed by atoms with van der Waals surface area (Å²) in [4.78, 5) is 0. The first-order chi connectivity index (χ1) is 9.73. The summed E-state index contributed by atoms with van der Waals surface area (Å²) in [6.07, 6.45) is 6.01. The van der Waals surface area contributed by atoms with Gasteiger partial charge in [-0.3, -0.25) is 0 Å². The van der Waals surface area contributed by atoms with Gasteiger partial charge in [0.15, 0.2) is 0 Å². The quantitative estimate of drug-likeness (QED) is 0.662. The summed E-state index contributed by atoms with van der Waals surface area (Å²) in [5.74, 6) is 0.613. The van der Waals surface area contributed by atoms with Crippen LogP contribution in [-0.2, 0) is 5.41 Å². The Hall–Kier alpha value is -0.820. The minimum absolute atomic E-state index is 0.0989. The Morgan fingerprint density at radius 3 is 2.10 bits per heavy atom. The van der Waals surface area contributed by atoms with Gasteiger partial charge in [0, 0.05) is 5.54 Å². The fourth-order valence-electron chi connectivity index (χ4n) is 3.65. The highest BCUT2D eigenvalue weighted by atomic mass is 14.7. The van der Waals surface area contributed by atoms with Crippen molar-refractivity contribution >= 4 is 0 Å². The molecule has 0 radical (unpaired) electrons. The highest BCUT2D eigenvalue weighted by molar-refractivity contribution is 5.28. The van der Waals surface area contributed by atoms with Gasteiger partial charge in [-0.15, -0.1) is 0 Å². The van der Waals surface area contributed by atoms with Crippen LogP contribution in [0, 0.1) is 12.8 Å².